The zero-order chi connectivity index (χ0) is 11.7. The molecule has 0 spiro atoms. The number of aliphatic carboxylic acids is 1. The first-order chi connectivity index (χ1) is 7.11. The first kappa shape index (κ1) is 13.3. The molecule has 0 atom stereocenters. The smallest absolute Gasteiger partial charge is 0.317 e. The number of carboxylic acid groups (broad SMARTS) is 1. The molecule has 84 valence electrons. The minimum absolute atomic E-state index is 0.0452. The highest BCUT2D eigenvalue weighted by Crippen LogP contribution is 1.92. The lowest BCUT2D eigenvalue weighted by Crippen LogP contribution is -2.41. The lowest BCUT2D eigenvalue weighted by molar-refractivity contribution is -0.137. The molecule has 0 radical (unpaired) electrons. The van der Waals surface area contributed by atoms with Gasteiger partial charge in [0.1, 0.15) is 0 Å². The highest BCUT2D eigenvalue weighted by atomic mass is 16.4. The highest BCUT2D eigenvalue weighted by Gasteiger charge is 2.11. The Morgan fingerprint density at radius 3 is 2.67 bits per heavy atom. The fraction of sp³-hybridized carbons (Fsp3) is 0.600. The number of carbonyl (C=O) groups is 2. The van der Waals surface area contributed by atoms with Crippen molar-refractivity contribution in [1.29, 1.82) is 0 Å². The second kappa shape index (κ2) is 7.68. The first-order valence-corrected chi connectivity index (χ1v) is 4.79. The van der Waals surface area contributed by atoms with Gasteiger partial charge in [0.2, 0.25) is 0 Å². The molecule has 0 fully saturated rings. The number of nitrogens with zero attached hydrogens (tertiary/aromatic N) is 1. The van der Waals surface area contributed by atoms with Gasteiger partial charge in [-0.25, -0.2) is 4.79 Å². The van der Waals surface area contributed by atoms with Gasteiger partial charge in [0, 0.05) is 26.1 Å². The second-order valence-electron chi connectivity index (χ2n) is 2.91. The first-order valence-electron chi connectivity index (χ1n) is 4.79. The standard InChI is InChI=1S/C10H16N2O3/c1-3-5-7-11-10(15)12(4-2)8-6-9(13)14/h1H,4-8H2,2H3,(H,11,15)(H,13,14). The molecular formula is C10H16N2O3. The van der Waals surface area contributed by atoms with Crippen molar-refractivity contribution in [2.75, 3.05) is 19.6 Å². The monoisotopic (exact) mass is 212 g/mol. The Labute approximate surface area is 89.4 Å². The maximum atomic E-state index is 11.4. The normalized spacial score (nSPS) is 9.07. The van der Waals surface area contributed by atoms with E-state index in [1.807, 2.05) is 0 Å². The molecule has 0 bridgehead atoms. The SMILES string of the molecule is C#CCCNC(=O)N(CC)CCC(=O)O. The van der Waals surface area contributed by atoms with Gasteiger partial charge in [0.25, 0.3) is 0 Å². The van der Waals surface area contributed by atoms with Crippen LogP contribution in [0.25, 0.3) is 0 Å². The van der Waals surface area contributed by atoms with Crippen LogP contribution in [0.1, 0.15) is 19.8 Å². The molecule has 0 aliphatic rings. The molecule has 0 aliphatic heterocycles. The molecule has 0 rings (SSSR count). The molecule has 5 nitrogen and oxygen atoms in total. The van der Waals surface area contributed by atoms with Crippen LogP contribution in [0.3, 0.4) is 0 Å². The Morgan fingerprint density at radius 1 is 1.53 bits per heavy atom. The lowest BCUT2D eigenvalue weighted by Gasteiger charge is -2.20. The van der Waals surface area contributed by atoms with Crippen LogP contribution in [0.15, 0.2) is 0 Å². The van der Waals surface area contributed by atoms with Crippen molar-refractivity contribution in [1.82, 2.24) is 10.2 Å². The molecule has 5 heteroatoms. The average Bonchev–Trinajstić information content (AvgIpc) is 2.18. The molecule has 15 heavy (non-hydrogen) atoms. The summed E-state index contributed by atoms with van der Waals surface area (Å²) in [5, 5.41) is 11.1. The summed E-state index contributed by atoms with van der Waals surface area (Å²) in [4.78, 5) is 23.2. The number of amides is 2. The van der Waals surface area contributed by atoms with E-state index in [4.69, 9.17) is 11.5 Å². The fourth-order valence-electron chi connectivity index (χ4n) is 0.987. The second-order valence-corrected chi connectivity index (χ2v) is 2.91. The van der Waals surface area contributed by atoms with Gasteiger partial charge in [-0.05, 0) is 6.92 Å². The van der Waals surface area contributed by atoms with Crippen LogP contribution in [0.4, 0.5) is 4.79 Å². The van der Waals surface area contributed by atoms with E-state index < -0.39 is 5.97 Å². The Kier molecular flexibility index (Phi) is 6.81. The number of hydrogen-bond acceptors (Lipinski definition) is 2. The number of carbonyl (C=O) groups excluding carboxylic acids is 1. The number of hydrogen-bond donors (Lipinski definition) is 2. The number of terminal acetylenes is 1. The van der Waals surface area contributed by atoms with Gasteiger partial charge < -0.3 is 15.3 Å². The fourth-order valence-corrected chi connectivity index (χ4v) is 0.987. The van der Waals surface area contributed by atoms with E-state index in [9.17, 15) is 9.59 Å². The zero-order valence-corrected chi connectivity index (χ0v) is 8.82. The Hall–Kier alpha value is -1.70. The molecule has 0 saturated heterocycles. The lowest BCUT2D eigenvalue weighted by atomic mass is 10.4. The molecule has 0 aliphatic carbocycles. The third-order valence-electron chi connectivity index (χ3n) is 1.81. The molecule has 2 amide bonds. The molecule has 0 aromatic rings. The Bertz CT molecular complexity index is 258. The average molecular weight is 212 g/mol. The van der Waals surface area contributed by atoms with Crippen molar-refractivity contribution in [2.45, 2.75) is 19.8 Å². The number of rotatable bonds is 6. The van der Waals surface area contributed by atoms with Gasteiger partial charge >= 0.3 is 12.0 Å². The summed E-state index contributed by atoms with van der Waals surface area (Å²) < 4.78 is 0. The van der Waals surface area contributed by atoms with Crippen LogP contribution in [-0.2, 0) is 4.79 Å². The van der Waals surface area contributed by atoms with E-state index in [-0.39, 0.29) is 19.0 Å². The third kappa shape index (κ3) is 6.38. The topological polar surface area (TPSA) is 69.6 Å². The summed E-state index contributed by atoms with van der Waals surface area (Å²) in [7, 11) is 0. The van der Waals surface area contributed by atoms with Crippen molar-refractivity contribution in [3.8, 4) is 12.3 Å². The predicted molar refractivity (Wildman–Crippen MR) is 56.3 cm³/mol. The predicted octanol–water partition coefficient (Wildman–Crippen LogP) is 0.516. The molecule has 0 unspecified atom stereocenters. The van der Waals surface area contributed by atoms with Crippen molar-refractivity contribution in [3.05, 3.63) is 0 Å². The van der Waals surface area contributed by atoms with E-state index >= 15 is 0 Å². The van der Waals surface area contributed by atoms with Crippen LogP contribution in [0.5, 0.6) is 0 Å². The molecule has 0 aromatic heterocycles. The number of nitrogens with one attached hydrogen (secondary N) is 1. The number of urea groups is 1. The molecular weight excluding hydrogens is 196 g/mol. The van der Waals surface area contributed by atoms with Gasteiger partial charge in [0.15, 0.2) is 0 Å². The highest BCUT2D eigenvalue weighted by molar-refractivity contribution is 5.75. The van der Waals surface area contributed by atoms with E-state index in [0.717, 1.165) is 0 Å². The summed E-state index contributed by atoms with van der Waals surface area (Å²) >= 11 is 0. The summed E-state index contributed by atoms with van der Waals surface area (Å²) in [5.74, 6) is 1.49. The maximum absolute atomic E-state index is 11.4. The largest absolute Gasteiger partial charge is 0.481 e. The third-order valence-corrected chi connectivity index (χ3v) is 1.81. The van der Waals surface area contributed by atoms with Crippen molar-refractivity contribution >= 4 is 12.0 Å². The number of carboxylic acids is 1. The van der Waals surface area contributed by atoms with Crippen LogP contribution in [0.2, 0.25) is 0 Å². The molecule has 0 heterocycles. The summed E-state index contributed by atoms with van der Waals surface area (Å²) in [6, 6.07) is -0.269. The zero-order valence-electron chi connectivity index (χ0n) is 8.82. The van der Waals surface area contributed by atoms with Crippen molar-refractivity contribution < 1.29 is 14.7 Å². The van der Waals surface area contributed by atoms with Crippen LogP contribution in [0, 0.1) is 12.3 Å². The van der Waals surface area contributed by atoms with Gasteiger partial charge in [0.05, 0.1) is 6.42 Å². The summed E-state index contributed by atoms with van der Waals surface area (Å²) in [6.45, 7) is 2.91. The summed E-state index contributed by atoms with van der Waals surface area (Å²) in [5.41, 5.74) is 0. The van der Waals surface area contributed by atoms with Crippen LogP contribution < -0.4 is 5.32 Å². The quantitative estimate of drug-likeness (QED) is 0.498. The minimum atomic E-state index is -0.912. The maximum Gasteiger partial charge on any atom is 0.317 e. The molecule has 2 N–H and O–H groups in total. The Balaban J connectivity index is 3.89. The van der Waals surface area contributed by atoms with Gasteiger partial charge in [-0.3, -0.25) is 4.79 Å². The molecule has 0 aromatic carbocycles. The molecule has 0 saturated carbocycles. The van der Waals surface area contributed by atoms with E-state index in [1.165, 1.54) is 4.90 Å². The van der Waals surface area contributed by atoms with Crippen molar-refractivity contribution in [3.63, 3.8) is 0 Å². The van der Waals surface area contributed by atoms with E-state index in [1.54, 1.807) is 6.92 Å². The Morgan fingerprint density at radius 2 is 2.20 bits per heavy atom. The van der Waals surface area contributed by atoms with Crippen LogP contribution >= 0.6 is 0 Å². The van der Waals surface area contributed by atoms with Gasteiger partial charge in [-0.15, -0.1) is 12.3 Å². The van der Waals surface area contributed by atoms with E-state index in [0.29, 0.717) is 19.5 Å². The van der Waals surface area contributed by atoms with Gasteiger partial charge in [-0.2, -0.15) is 0 Å². The minimum Gasteiger partial charge on any atom is -0.481 e. The van der Waals surface area contributed by atoms with Gasteiger partial charge in [-0.1, -0.05) is 0 Å². The van der Waals surface area contributed by atoms with Crippen molar-refractivity contribution in [2.24, 2.45) is 0 Å². The van der Waals surface area contributed by atoms with Crippen LogP contribution in [-0.4, -0.2) is 41.6 Å². The summed E-state index contributed by atoms with van der Waals surface area (Å²) in [6.07, 6.45) is 5.46. The van der Waals surface area contributed by atoms with E-state index in [2.05, 4.69) is 11.2 Å².